The number of amides is 1. The van der Waals surface area contributed by atoms with E-state index in [0.717, 1.165) is 39.0 Å². The van der Waals surface area contributed by atoms with E-state index < -0.39 is 0 Å². The van der Waals surface area contributed by atoms with E-state index in [0.29, 0.717) is 12.6 Å². The molecule has 94 valence electrons. The molecule has 0 atom stereocenters. The van der Waals surface area contributed by atoms with Crippen LogP contribution in [0.2, 0.25) is 0 Å². The quantitative estimate of drug-likeness (QED) is 0.744. The number of rotatable bonds is 5. The van der Waals surface area contributed by atoms with E-state index >= 15 is 0 Å². The van der Waals surface area contributed by atoms with E-state index in [2.05, 4.69) is 17.1 Å². The van der Waals surface area contributed by atoms with Crippen molar-refractivity contribution < 1.29 is 4.79 Å². The highest BCUT2D eigenvalue weighted by Crippen LogP contribution is 2.11. The molecule has 4 heteroatoms. The Hall–Kier alpha value is -0.610. The van der Waals surface area contributed by atoms with Gasteiger partial charge in [-0.1, -0.05) is 6.92 Å². The standard InChI is InChI=1S/C12H25N3O/c1-4-14(3)12(16)10-15(5-2)11-6-8-13-9-7-11/h11,13H,4-10H2,1-3H3. The Morgan fingerprint density at radius 2 is 1.88 bits per heavy atom. The summed E-state index contributed by atoms with van der Waals surface area (Å²) in [4.78, 5) is 16.0. The maximum absolute atomic E-state index is 11.9. The minimum absolute atomic E-state index is 0.239. The summed E-state index contributed by atoms with van der Waals surface area (Å²) < 4.78 is 0. The van der Waals surface area contributed by atoms with E-state index in [-0.39, 0.29) is 5.91 Å². The maximum atomic E-state index is 11.9. The van der Waals surface area contributed by atoms with Crippen molar-refractivity contribution in [3.05, 3.63) is 0 Å². The number of nitrogens with zero attached hydrogens (tertiary/aromatic N) is 2. The summed E-state index contributed by atoms with van der Waals surface area (Å²) in [6.07, 6.45) is 2.33. The highest BCUT2D eigenvalue weighted by atomic mass is 16.2. The van der Waals surface area contributed by atoms with Crippen LogP contribution in [-0.2, 0) is 4.79 Å². The Kier molecular flexibility index (Phi) is 5.77. The average Bonchev–Trinajstić information content (AvgIpc) is 2.35. The summed E-state index contributed by atoms with van der Waals surface area (Å²) in [7, 11) is 1.87. The van der Waals surface area contributed by atoms with Gasteiger partial charge in [0.2, 0.25) is 5.91 Å². The first-order chi connectivity index (χ1) is 7.69. The lowest BCUT2D eigenvalue weighted by Crippen LogP contribution is -2.47. The van der Waals surface area contributed by atoms with E-state index in [1.165, 1.54) is 0 Å². The lowest BCUT2D eigenvalue weighted by atomic mass is 10.0. The summed E-state index contributed by atoms with van der Waals surface area (Å²) in [5.41, 5.74) is 0. The Labute approximate surface area is 99.0 Å². The number of hydrogen-bond donors (Lipinski definition) is 1. The van der Waals surface area contributed by atoms with Gasteiger partial charge in [-0.05, 0) is 39.4 Å². The molecule has 0 radical (unpaired) electrons. The lowest BCUT2D eigenvalue weighted by molar-refractivity contribution is -0.131. The Balaban J connectivity index is 2.44. The normalized spacial score (nSPS) is 17.8. The molecule has 1 heterocycles. The van der Waals surface area contributed by atoms with Crippen molar-refractivity contribution in [2.24, 2.45) is 0 Å². The molecule has 0 saturated carbocycles. The van der Waals surface area contributed by atoms with Crippen LogP contribution in [0.25, 0.3) is 0 Å². The third-order valence-electron chi connectivity index (χ3n) is 3.47. The molecule has 0 aromatic carbocycles. The molecule has 1 amide bonds. The zero-order chi connectivity index (χ0) is 12.0. The van der Waals surface area contributed by atoms with Gasteiger partial charge in [0.25, 0.3) is 0 Å². The highest BCUT2D eigenvalue weighted by molar-refractivity contribution is 5.77. The van der Waals surface area contributed by atoms with Gasteiger partial charge in [0.1, 0.15) is 0 Å². The van der Waals surface area contributed by atoms with Crippen LogP contribution in [0.1, 0.15) is 26.7 Å². The summed E-state index contributed by atoms with van der Waals surface area (Å²) >= 11 is 0. The monoisotopic (exact) mass is 227 g/mol. The van der Waals surface area contributed by atoms with Crippen molar-refractivity contribution in [1.29, 1.82) is 0 Å². The fourth-order valence-corrected chi connectivity index (χ4v) is 2.14. The summed E-state index contributed by atoms with van der Waals surface area (Å²) in [6, 6.07) is 0.584. The average molecular weight is 227 g/mol. The summed E-state index contributed by atoms with van der Waals surface area (Å²) in [5, 5.41) is 3.36. The van der Waals surface area contributed by atoms with Crippen molar-refractivity contribution >= 4 is 5.91 Å². The van der Waals surface area contributed by atoms with Gasteiger partial charge < -0.3 is 10.2 Å². The molecule has 4 nitrogen and oxygen atoms in total. The molecule has 1 aliphatic heterocycles. The van der Waals surface area contributed by atoms with Crippen molar-refractivity contribution in [2.75, 3.05) is 39.8 Å². The fraction of sp³-hybridized carbons (Fsp3) is 0.917. The Morgan fingerprint density at radius 1 is 1.25 bits per heavy atom. The molecule has 0 unspecified atom stereocenters. The minimum atomic E-state index is 0.239. The molecule has 0 aromatic heterocycles. The van der Waals surface area contributed by atoms with Crippen LogP contribution >= 0.6 is 0 Å². The predicted octanol–water partition coefficient (Wildman–Crippen LogP) is 0.539. The Morgan fingerprint density at radius 3 is 2.38 bits per heavy atom. The van der Waals surface area contributed by atoms with Gasteiger partial charge in [0.15, 0.2) is 0 Å². The van der Waals surface area contributed by atoms with Gasteiger partial charge in [0, 0.05) is 19.6 Å². The molecule has 1 aliphatic rings. The number of piperidine rings is 1. The van der Waals surface area contributed by atoms with Crippen molar-refractivity contribution in [3.63, 3.8) is 0 Å². The van der Waals surface area contributed by atoms with Gasteiger partial charge in [0.05, 0.1) is 6.54 Å². The zero-order valence-electron chi connectivity index (χ0n) is 10.8. The van der Waals surface area contributed by atoms with E-state index in [1.807, 2.05) is 14.0 Å². The second-order valence-electron chi connectivity index (χ2n) is 4.45. The molecule has 1 fully saturated rings. The van der Waals surface area contributed by atoms with Crippen LogP contribution < -0.4 is 5.32 Å². The minimum Gasteiger partial charge on any atom is -0.345 e. The smallest absolute Gasteiger partial charge is 0.236 e. The number of carbonyl (C=O) groups is 1. The largest absolute Gasteiger partial charge is 0.345 e. The maximum Gasteiger partial charge on any atom is 0.236 e. The van der Waals surface area contributed by atoms with Crippen LogP contribution in [0.15, 0.2) is 0 Å². The second kappa shape index (κ2) is 6.86. The third kappa shape index (κ3) is 3.76. The highest BCUT2D eigenvalue weighted by Gasteiger charge is 2.22. The molecule has 0 aromatic rings. The molecular formula is C12H25N3O. The third-order valence-corrected chi connectivity index (χ3v) is 3.47. The van der Waals surface area contributed by atoms with Crippen molar-refractivity contribution in [3.8, 4) is 0 Å². The molecule has 16 heavy (non-hydrogen) atoms. The predicted molar refractivity (Wildman–Crippen MR) is 66.4 cm³/mol. The van der Waals surface area contributed by atoms with Gasteiger partial charge in [-0.3, -0.25) is 9.69 Å². The topological polar surface area (TPSA) is 35.6 Å². The number of likely N-dealkylation sites (N-methyl/N-ethyl adjacent to an activating group) is 2. The van der Waals surface area contributed by atoms with Gasteiger partial charge >= 0.3 is 0 Å². The van der Waals surface area contributed by atoms with E-state index in [9.17, 15) is 4.79 Å². The van der Waals surface area contributed by atoms with E-state index in [4.69, 9.17) is 0 Å². The molecule has 0 aliphatic carbocycles. The first-order valence-electron chi connectivity index (χ1n) is 6.37. The molecule has 1 N–H and O–H groups in total. The lowest BCUT2D eigenvalue weighted by Gasteiger charge is -2.34. The van der Waals surface area contributed by atoms with Crippen LogP contribution in [-0.4, -0.2) is 61.5 Å². The van der Waals surface area contributed by atoms with Crippen LogP contribution in [0.5, 0.6) is 0 Å². The number of carbonyl (C=O) groups excluding carboxylic acids is 1. The van der Waals surface area contributed by atoms with E-state index in [1.54, 1.807) is 4.90 Å². The molecule has 0 spiro atoms. The SMILES string of the molecule is CCN(C)C(=O)CN(CC)C1CCNCC1. The molecule has 1 rings (SSSR count). The first kappa shape index (κ1) is 13.5. The molecule has 1 saturated heterocycles. The fourth-order valence-electron chi connectivity index (χ4n) is 2.14. The van der Waals surface area contributed by atoms with Crippen LogP contribution in [0, 0.1) is 0 Å². The first-order valence-corrected chi connectivity index (χ1v) is 6.37. The van der Waals surface area contributed by atoms with Gasteiger partial charge in [-0.15, -0.1) is 0 Å². The summed E-state index contributed by atoms with van der Waals surface area (Å²) in [6.45, 7) is 8.65. The second-order valence-corrected chi connectivity index (χ2v) is 4.45. The number of nitrogens with one attached hydrogen (secondary N) is 1. The molecule has 0 bridgehead atoms. The molecular weight excluding hydrogens is 202 g/mol. The van der Waals surface area contributed by atoms with Crippen molar-refractivity contribution in [1.82, 2.24) is 15.1 Å². The van der Waals surface area contributed by atoms with Gasteiger partial charge in [-0.25, -0.2) is 0 Å². The van der Waals surface area contributed by atoms with Gasteiger partial charge in [-0.2, -0.15) is 0 Å². The van der Waals surface area contributed by atoms with Crippen LogP contribution in [0.4, 0.5) is 0 Å². The van der Waals surface area contributed by atoms with Crippen LogP contribution in [0.3, 0.4) is 0 Å². The van der Waals surface area contributed by atoms with Crippen molar-refractivity contribution in [2.45, 2.75) is 32.7 Å². The zero-order valence-corrected chi connectivity index (χ0v) is 10.8. The number of hydrogen-bond acceptors (Lipinski definition) is 3. The Bertz CT molecular complexity index is 214. The summed E-state index contributed by atoms with van der Waals surface area (Å²) in [5.74, 6) is 0.239.